The molecule has 3 aromatic heterocycles. The van der Waals surface area contributed by atoms with Crippen LogP contribution in [0.3, 0.4) is 0 Å². The summed E-state index contributed by atoms with van der Waals surface area (Å²) in [5, 5.41) is 19.0. The van der Waals surface area contributed by atoms with Crippen LogP contribution in [0.5, 0.6) is 0 Å². The highest BCUT2D eigenvalue weighted by Crippen LogP contribution is 2.35. The molecule has 5 rings (SSSR count). The van der Waals surface area contributed by atoms with Crippen LogP contribution in [-0.2, 0) is 13.0 Å². The van der Waals surface area contributed by atoms with Crippen molar-refractivity contribution in [2.45, 2.75) is 39.3 Å². The summed E-state index contributed by atoms with van der Waals surface area (Å²) in [6.07, 6.45) is 3.01. The van der Waals surface area contributed by atoms with Crippen molar-refractivity contribution in [1.82, 2.24) is 25.2 Å². The molecule has 180 valence electrons. The van der Waals surface area contributed by atoms with Crippen molar-refractivity contribution in [1.29, 1.82) is 5.26 Å². The minimum Gasteiger partial charge on any atom is -0.346 e. The van der Waals surface area contributed by atoms with Crippen LogP contribution >= 0.6 is 11.3 Å². The van der Waals surface area contributed by atoms with E-state index >= 15 is 0 Å². The van der Waals surface area contributed by atoms with Gasteiger partial charge < -0.3 is 10.6 Å². The maximum atomic E-state index is 13.4. The standard InChI is InChI=1S/C26H22N6O3S/c1-14-18(15(2)33)5-6-20-19(14)7-8-21(20)31-26(35)23-11-22(30-24-9-10-29-32(23)24)25(34)28-13-17-4-3-16(12-27)36-17/h3-6,9-11,21H,7-8,13H2,1-2H3,(H,28,34)(H,31,35)/t21-/m0/s1. The Morgan fingerprint density at radius 3 is 2.78 bits per heavy atom. The molecule has 1 aliphatic carbocycles. The van der Waals surface area contributed by atoms with E-state index in [0.29, 0.717) is 16.1 Å². The molecule has 0 radical (unpaired) electrons. The monoisotopic (exact) mass is 498 g/mol. The van der Waals surface area contributed by atoms with Crippen molar-refractivity contribution < 1.29 is 14.4 Å². The van der Waals surface area contributed by atoms with Crippen LogP contribution in [0.2, 0.25) is 0 Å². The maximum Gasteiger partial charge on any atom is 0.270 e. The third-order valence-corrected chi connectivity index (χ3v) is 7.39. The highest BCUT2D eigenvalue weighted by Gasteiger charge is 2.28. The van der Waals surface area contributed by atoms with Gasteiger partial charge in [0.15, 0.2) is 11.4 Å². The molecule has 9 nitrogen and oxygen atoms in total. The van der Waals surface area contributed by atoms with Gasteiger partial charge in [0.05, 0.1) is 18.8 Å². The lowest BCUT2D eigenvalue weighted by Crippen LogP contribution is -2.30. The van der Waals surface area contributed by atoms with Gasteiger partial charge in [-0.3, -0.25) is 14.4 Å². The Kier molecular flexibility index (Phi) is 6.08. The number of nitriles is 1. The Labute approximate surface area is 210 Å². The minimum atomic E-state index is -0.432. The van der Waals surface area contributed by atoms with Gasteiger partial charge in [0.25, 0.3) is 11.8 Å². The number of ketones is 1. The van der Waals surface area contributed by atoms with Crippen LogP contribution in [-0.4, -0.2) is 32.2 Å². The van der Waals surface area contributed by atoms with E-state index in [1.54, 1.807) is 25.1 Å². The molecule has 10 heteroatoms. The number of nitrogens with zero attached hydrogens (tertiary/aromatic N) is 4. The van der Waals surface area contributed by atoms with Crippen molar-refractivity contribution >= 4 is 34.6 Å². The molecule has 3 heterocycles. The van der Waals surface area contributed by atoms with Gasteiger partial charge in [0.2, 0.25) is 0 Å². The van der Waals surface area contributed by atoms with Gasteiger partial charge in [0.1, 0.15) is 22.3 Å². The molecule has 0 unspecified atom stereocenters. The number of hydrogen-bond acceptors (Lipinski definition) is 7. The number of fused-ring (bicyclic) bond motifs is 2. The Morgan fingerprint density at radius 1 is 1.19 bits per heavy atom. The fraction of sp³-hybridized carbons (Fsp3) is 0.231. The molecule has 1 aromatic carbocycles. The van der Waals surface area contributed by atoms with E-state index in [2.05, 4.69) is 26.8 Å². The zero-order valence-corrected chi connectivity index (χ0v) is 20.5. The summed E-state index contributed by atoms with van der Waals surface area (Å²) >= 11 is 1.30. The number of nitrogens with one attached hydrogen (secondary N) is 2. The summed E-state index contributed by atoms with van der Waals surface area (Å²) in [7, 11) is 0. The lowest BCUT2D eigenvalue weighted by Gasteiger charge is -2.16. The highest BCUT2D eigenvalue weighted by molar-refractivity contribution is 7.12. The van der Waals surface area contributed by atoms with Crippen molar-refractivity contribution in [3.05, 3.63) is 86.0 Å². The van der Waals surface area contributed by atoms with Gasteiger partial charge >= 0.3 is 0 Å². The second-order valence-electron chi connectivity index (χ2n) is 8.62. The third kappa shape index (κ3) is 4.25. The van der Waals surface area contributed by atoms with E-state index in [9.17, 15) is 14.4 Å². The largest absolute Gasteiger partial charge is 0.346 e. The van der Waals surface area contributed by atoms with Gasteiger partial charge in [-0.2, -0.15) is 10.4 Å². The number of aromatic nitrogens is 3. The SMILES string of the molecule is CC(=O)c1ccc2c(c1C)CC[C@@H]2NC(=O)c1cc(C(=O)NCc2ccc(C#N)s2)nc2ccnn12. The summed E-state index contributed by atoms with van der Waals surface area (Å²) in [5.74, 6) is -0.780. The van der Waals surface area contributed by atoms with E-state index < -0.39 is 5.91 Å². The Hall–Kier alpha value is -4.36. The molecule has 0 saturated heterocycles. The first-order chi connectivity index (χ1) is 17.4. The molecule has 1 atom stereocenters. The zero-order valence-electron chi connectivity index (χ0n) is 19.7. The van der Waals surface area contributed by atoms with E-state index in [1.807, 2.05) is 19.1 Å². The molecule has 0 fully saturated rings. The molecule has 0 aliphatic heterocycles. The molecule has 0 saturated carbocycles. The highest BCUT2D eigenvalue weighted by atomic mass is 32.1. The average Bonchev–Trinajstić information content (AvgIpc) is 3.61. The molecular formula is C26H22N6O3S. The second kappa shape index (κ2) is 9.36. The number of carbonyl (C=O) groups is 3. The number of hydrogen-bond donors (Lipinski definition) is 2. The number of Topliss-reactive ketones (excluding diaryl/α,β-unsaturated/α-hetero) is 1. The smallest absolute Gasteiger partial charge is 0.270 e. The van der Waals surface area contributed by atoms with Crippen LogP contribution in [0.15, 0.2) is 42.6 Å². The topological polar surface area (TPSA) is 129 Å². The Morgan fingerprint density at radius 2 is 2.03 bits per heavy atom. The zero-order chi connectivity index (χ0) is 25.4. The number of rotatable bonds is 6. The van der Waals surface area contributed by atoms with E-state index in [1.165, 1.54) is 28.1 Å². The van der Waals surface area contributed by atoms with Crippen LogP contribution in [0.25, 0.3) is 5.65 Å². The molecule has 2 amide bonds. The molecule has 0 spiro atoms. The third-order valence-electron chi connectivity index (χ3n) is 6.40. The normalized spacial score (nSPS) is 14.3. The average molecular weight is 499 g/mol. The molecule has 2 N–H and O–H groups in total. The van der Waals surface area contributed by atoms with E-state index in [-0.39, 0.29) is 35.7 Å². The van der Waals surface area contributed by atoms with Gasteiger partial charge in [-0.1, -0.05) is 12.1 Å². The van der Waals surface area contributed by atoms with Crippen LogP contribution in [0, 0.1) is 18.3 Å². The van der Waals surface area contributed by atoms with Crippen molar-refractivity contribution in [2.75, 3.05) is 0 Å². The van der Waals surface area contributed by atoms with Crippen molar-refractivity contribution in [3.63, 3.8) is 0 Å². The summed E-state index contributed by atoms with van der Waals surface area (Å²) in [6.45, 7) is 3.75. The second-order valence-corrected chi connectivity index (χ2v) is 9.78. The van der Waals surface area contributed by atoms with Crippen molar-refractivity contribution in [2.24, 2.45) is 0 Å². The van der Waals surface area contributed by atoms with Gasteiger partial charge in [0, 0.05) is 22.6 Å². The summed E-state index contributed by atoms with van der Waals surface area (Å²) in [6, 6.07) is 12.1. The van der Waals surface area contributed by atoms with Crippen LogP contribution in [0.4, 0.5) is 0 Å². The van der Waals surface area contributed by atoms with Gasteiger partial charge in [-0.25, -0.2) is 9.50 Å². The fourth-order valence-corrected chi connectivity index (χ4v) is 5.37. The lowest BCUT2D eigenvalue weighted by atomic mass is 9.96. The number of benzene rings is 1. The number of amides is 2. The summed E-state index contributed by atoms with van der Waals surface area (Å²) < 4.78 is 1.41. The maximum absolute atomic E-state index is 13.4. The fourth-order valence-electron chi connectivity index (χ4n) is 4.63. The predicted molar refractivity (Wildman–Crippen MR) is 133 cm³/mol. The first-order valence-electron chi connectivity index (χ1n) is 11.4. The molecular weight excluding hydrogens is 476 g/mol. The van der Waals surface area contributed by atoms with E-state index in [4.69, 9.17) is 5.26 Å². The van der Waals surface area contributed by atoms with Gasteiger partial charge in [-0.15, -0.1) is 11.3 Å². The van der Waals surface area contributed by atoms with Gasteiger partial charge in [-0.05, 0) is 55.5 Å². The van der Waals surface area contributed by atoms with Crippen LogP contribution < -0.4 is 10.6 Å². The van der Waals surface area contributed by atoms with E-state index in [0.717, 1.165) is 34.4 Å². The Bertz CT molecular complexity index is 1580. The minimum absolute atomic E-state index is 0.0241. The Balaban J connectivity index is 1.38. The lowest BCUT2D eigenvalue weighted by molar-refractivity contribution is 0.0927. The number of carbonyl (C=O) groups excluding carboxylic acids is 3. The molecule has 0 bridgehead atoms. The molecule has 1 aliphatic rings. The van der Waals surface area contributed by atoms with Crippen LogP contribution in [0.1, 0.15) is 77.2 Å². The quantitative estimate of drug-likeness (QED) is 0.391. The number of thiophene rings is 1. The van der Waals surface area contributed by atoms with Crippen molar-refractivity contribution in [3.8, 4) is 6.07 Å². The molecule has 36 heavy (non-hydrogen) atoms. The first-order valence-corrected chi connectivity index (χ1v) is 12.2. The molecule has 4 aromatic rings. The summed E-state index contributed by atoms with van der Waals surface area (Å²) in [5.41, 5.74) is 4.44. The first kappa shape index (κ1) is 23.4. The predicted octanol–water partition coefficient (Wildman–Crippen LogP) is 3.52. The summed E-state index contributed by atoms with van der Waals surface area (Å²) in [4.78, 5) is 43.9.